The third-order valence-corrected chi connectivity index (χ3v) is 8.91. The fourth-order valence-corrected chi connectivity index (χ4v) is 5.64. The molecule has 0 saturated heterocycles. The van der Waals surface area contributed by atoms with Gasteiger partial charge in [-0.1, -0.05) is 106 Å². The van der Waals surface area contributed by atoms with Gasteiger partial charge in [0, 0.05) is 31.0 Å². The maximum Gasteiger partial charge on any atom is 0.243 e. The highest BCUT2D eigenvalue weighted by Crippen LogP contribution is 2.14. The molecule has 0 aromatic heterocycles. The summed E-state index contributed by atoms with van der Waals surface area (Å²) in [5, 5.41) is 14.7. The molecule has 0 unspecified atom stereocenters. The Morgan fingerprint density at radius 1 is 0.633 bits per heavy atom. The molecule has 7 N–H and O–H groups in total. The number of benzene rings is 1. The summed E-state index contributed by atoms with van der Waals surface area (Å²) in [6, 6.07) is 5.68. The maximum atomic E-state index is 13.9. The maximum absolute atomic E-state index is 13.9. The lowest BCUT2D eigenvalue weighted by atomic mass is 9.94. The van der Waals surface area contributed by atoms with E-state index in [1.54, 1.807) is 0 Å². The van der Waals surface area contributed by atoms with Crippen molar-refractivity contribution < 1.29 is 24.0 Å². The van der Waals surface area contributed by atoms with Gasteiger partial charge in [0.2, 0.25) is 29.5 Å². The molecule has 11 nitrogen and oxygen atoms in total. The lowest BCUT2D eigenvalue weighted by molar-refractivity contribution is -0.133. The second-order valence-electron chi connectivity index (χ2n) is 14.7. The fraction of sp³-hybridized carbons (Fsp3) is 0.711. The molecule has 0 bridgehead atoms. The molecule has 49 heavy (non-hydrogen) atoms. The molecule has 1 aromatic rings. The summed E-state index contributed by atoms with van der Waals surface area (Å²) < 4.78 is 0. The highest BCUT2D eigenvalue weighted by molar-refractivity contribution is 5.92. The third-order valence-electron chi connectivity index (χ3n) is 8.91. The zero-order valence-electron chi connectivity index (χ0n) is 31.7. The van der Waals surface area contributed by atoms with Crippen LogP contribution in [0.1, 0.15) is 113 Å². The van der Waals surface area contributed by atoms with E-state index in [9.17, 15) is 24.0 Å². The molecular formula is C38H66N6O5. The van der Waals surface area contributed by atoms with Gasteiger partial charge in [0.05, 0.1) is 0 Å². The number of nitrogens with one attached hydrogen (secondary N) is 5. The summed E-state index contributed by atoms with van der Waals surface area (Å²) in [7, 11) is 0. The first kappa shape index (κ1) is 43.6. The van der Waals surface area contributed by atoms with Crippen molar-refractivity contribution in [3.05, 3.63) is 35.9 Å². The number of hydrogen-bond acceptors (Lipinski definition) is 6. The molecule has 0 aliphatic carbocycles. The van der Waals surface area contributed by atoms with Gasteiger partial charge in [-0.25, -0.2) is 0 Å². The van der Waals surface area contributed by atoms with Gasteiger partial charge in [-0.2, -0.15) is 0 Å². The van der Waals surface area contributed by atoms with Gasteiger partial charge in [-0.3, -0.25) is 24.0 Å². The fourth-order valence-electron chi connectivity index (χ4n) is 5.64. The molecule has 5 amide bonds. The Morgan fingerprint density at radius 3 is 1.71 bits per heavy atom. The Hall–Kier alpha value is -3.47. The molecule has 0 heterocycles. The van der Waals surface area contributed by atoms with E-state index < -0.39 is 42.0 Å². The van der Waals surface area contributed by atoms with Crippen LogP contribution >= 0.6 is 0 Å². The van der Waals surface area contributed by atoms with Crippen molar-refractivity contribution in [3.8, 4) is 0 Å². The predicted molar refractivity (Wildman–Crippen MR) is 196 cm³/mol. The van der Waals surface area contributed by atoms with Crippen molar-refractivity contribution in [2.45, 2.75) is 150 Å². The minimum Gasteiger partial charge on any atom is -0.352 e. The topological polar surface area (TPSA) is 172 Å². The minimum absolute atomic E-state index is 0.0232. The van der Waals surface area contributed by atoms with Crippen molar-refractivity contribution in [2.75, 3.05) is 0 Å². The summed E-state index contributed by atoms with van der Waals surface area (Å²) in [4.78, 5) is 66.5. The number of amides is 5. The predicted octanol–water partition coefficient (Wildman–Crippen LogP) is 3.98. The number of rotatable bonds is 22. The molecule has 1 rings (SSSR count). The summed E-state index contributed by atoms with van der Waals surface area (Å²) in [6.45, 7) is 19.4. The molecule has 0 fully saturated rings. The van der Waals surface area contributed by atoms with E-state index in [0.717, 1.165) is 18.4 Å². The van der Waals surface area contributed by atoms with Crippen molar-refractivity contribution in [3.63, 3.8) is 0 Å². The quantitative estimate of drug-likeness (QED) is 0.108. The third kappa shape index (κ3) is 16.2. The van der Waals surface area contributed by atoms with E-state index in [1.165, 1.54) is 0 Å². The van der Waals surface area contributed by atoms with Crippen molar-refractivity contribution in [1.82, 2.24) is 26.6 Å². The first-order valence-electron chi connectivity index (χ1n) is 18.3. The summed E-state index contributed by atoms with van der Waals surface area (Å²) >= 11 is 0. The smallest absolute Gasteiger partial charge is 0.243 e. The van der Waals surface area contributed by atoms with Crippen LogP contribution in [0.5, 0.6) is 0 Å². The van der Waals surface area contributed by atoms with Gasteiger partial charge < -0.3 is 32.3 Å². The Kier molecular flexibility index (Phi) is 19.8. The average Bonchev–Trinajstić information content (AvgIpc) is 3.03. The van der Waals surface area contributed by atoms with E-state index in [0.29, 0.717) is 25.7 Å². The van der Waals surface area contributed by atoms with E-state index in [4.69, 9.17) is 5.73 Å². The molecule has 0 radical (unpaired) electrons. The summed E-state index contributed by atoms with van der Waals surface area (Å²) in [5.74, 6) is -1.78. The first-order chi connectivity index (χ1) is 23.0. The molecule has 0 saturated carbocycles. The van der Waals surface area contributed by atoms with Gasteiger partial charge in [-0.05, 0) is 54.9 Å². The van der Waals surface area contributed by atoms with Crippen LogP contribution in [0.3, 0.4) is 0 Å². The highest BCUT2D eigenvalue weighted by Gasteiger charge is 2.33. The van der Waals surface area contributed by atoms with Gasteiger partial charge in [0.1, 0.15) is 18.1 Å². The van der Waals surface area contributed by atoms with Crippen LogP contribution in [0.2, 0.25) is 0 Å². The van der Waals surface area contributed by atoms with Crippen LogP contribution in [-0.2, 0) is 30.4 Å². The number of hydrogen-bond donors (Lipinski definition) is 6. The Balaban J connectivity index is 3.20. The molecule has 278 valence electrons. The Labute approximate surface area is 295 Å². The normalized spacial score (nSPS) is 15.2. The summed E-state index contributed by atoms with van der Waals surface area (Å²) in [6.07, 6.45) is 3.22. The molecular weight excluding hydrogens is 620 g/mol. The van der Waals surface area contributed by atoms with Gasteiger partial charge in [0.15, 0.2) is 0 Å². The van der Waals surface area contributed by atoms with Crippen molar-refractivity contribution >= 4 is 29.5 Å². The first-order valence-corrected chi connectivity index (χ1v) is 18.3. The second-order valence-corrected chi connectivity index (χ2v) is 14.7. The number of carbonyl (C=O) groups is 5. The van der Waals surface area contributed by atoms with Crippen LogP contribution in [0.15, 0.2) is 30.3 Å². The lowest BCUT2D eigenvalue weighted by Gasteiger charge is -2.31. The van der Waals surface area contributed by atoms with Crippen LogP contribution in [0.4, 0.5) is 0 Å². The SMILES string of the molecule is CCC(CC)NC(=O)[C@@H](NC(=O)C[C@H](N)[C@H](Cc1ccccc1)NC(=O)[C@@H](NC(=O)[C@H](CC(C)C)NC(=O)CC(C)C)C(C)C)[C@@H](C)CC. The molecule has 0 spiro atoms. The van der Waals surface area contributed by atoms with E-state index in [1.807, 2.05) is 99.6 Å². The Morgan fingerprint density at radius 2 is 1.20 bits per heavy atom. The van der Waals surface area contributed by atoms with Crippen molar-refractivity contribution in [1.29, 1.82) is 0 Å². The highest BCUT2D eigenvalue weighted by atomic mass is 16.2. The zero-order valence-corrected chi connectivity index (χ0v) is 31.7. The van der Waals surface area contributed by atoms with Gasteiger partial charge >= 0.3 is 0 Å². The standard InChI is InChI=1S/C38H66N6O5/c1-11-26(10)35(38(49)40-28(12-2)13-3)43-33(46)22-29(39)30(21-27-17-15-14-16-18-27)42-37(48)34(25(8)9)44-36(47)31(19-23(4)5)41-32(45)20-24(6)7/h14-18,23-26,28-31,34-35H,11-13,19-22,39H2,1-10H3,(H,40,49)(H,41,45)(H,42,48)(H,43,46)(H,44,47)/t26-,29-,30-,31-,34-,35-/m0/s1. The van der Waals surface area contributed by atoms with Crippen LogP contribution in [-0.4, -0.2) is 65.8 Å². The van der Waals surface area contributed by atoms with Gasteiger partial charge in [0.25, 0.3) is 0 Å². The van der Waals surface area contributed by atoms with Crippen LogP contribution < -0.4 is 32.3 Å². The number of carbonyl (C=O) groups excluding carboxylic acids is 5. The van der Waals surface area contributed by atoms with E-state index >= 15 is 0 Å². The van der Waals surface area contributed by atoms with Crippen molar-refractivity contribution in [2.24, 2.45) is 29.4 Å². The van der Waals surface area contributed by atoms with E-state index in [-0.39, 0.29) is 53.9 Å². The number of nitrogens with two attached hydrogens (primary N) is 1. The molecule has 1 aromatic carbocycles. The average molecular weight is 687 g/mol. The molecule has 0 aliphatic heterocycles. The van der Waals surface area contributed by atoms with E-state index in [2.05, 4.69) is 26.6 Å². The molecule has 11 heteroatoms. The van der Waals surface area contributed by atoms with Gasteiger partial charge in [-0.15, -0.1) is 0 Å². The molecule has 6 atom stereocenters. The molecule has 0 aliphatic rings. The summed E-state index contributed by atoms with van der Waals surface area (Å²) in [5.41, 5.74) is 7.58. The monoisotopic (exact) mass is 687 g/mol. The zero-order chi connectivity index (χ0) is 37.3. The van der Waals surface area contributed by atoms with Crippen LogP contribution in [0, 0.1) is 23.7 Å². The van der Waals surface area contributed by atoms with Crippen LogP contribution in [0.25, 0.3) is 0 Å². The lowest BCUT2D eigenvalue weighted by Crippen LogP contribution is -2.59. The Bertz CT molecular complexity index is 1170. The second kappa shape index (κ2) is 22.3. The largest absolute Gasteiger partial charge is 0.352 e. The minimum atomic E-state index is -0.910.